The smallest absolute Gasteiger partial charge is 0.338 e. The zero-order valence-electron chi connectivity index (χ0n) is 8.97. The van der Waals surface area contributed by atoms with Gasteiger partial charge in [0.2, 0.25) is 0 Å². The molecule has 0 saturated carbocycles. The fourth-order valence-corrected chi connectivity index (χ4v) is 3.83. The van der Waals surface area contributed by atoms with Crippen molar-refractivity contribution in [3.63, 3.8) is 0 Å². The lowest BCUT2D eigenvalue weighted by atomic mass is 10.3. The Morgan fingerprint density at radius 1 is 1.56 bits per heavy atom. The van der Waals surface area contributed by atoms with Gasteiger partial charge in [0.1, 0.15) is 6.54 Å². The molecule has 1 aromatic heterocycles. The third kappa shape index (κ3) is 3.42. The number of carboxylic acids is 1. The molecule has 1 rings (SSSR count). The number of carbonyl (C=O) groups is 2. The molecular formula is C8H8ClNO6S2. The molecule has 0 amide bonds. The van der Waals surface area contributed by atoms with Crippen LogP contribution >= 0.6 is 22.9 Å². The lowest BCUT2D eigenvalue weighted by molar-refractivity contribution is -0.139. The van der Waals surface area contributed by atoms with Gasteiger partial charge in [-0.15, -0.1) is 11.3 Å². The molecule has 0 bridgehead atoms. The summed E-state index contributed by atoms with van der Waals surface area (Å²) in [5.74, 6) is -2.21. The van der Waals surface area contributed by atoms with Crippen LogP contribution in [0.5, 0.6) is 0 Å². The van der Waals surface area contributed by atoms with E-state index >= 15 is 0 Å². The van der Waals surface area contributed by atoms with Gasteiger partial charge >= 0.3 is 11.9 Å². The van der Waals surface area contributed by atoms with Crippen LogP contribution in [-0.2, 0) is 19.6 Å². The van der Waals surface area contributed by atoms with Crippen LogP contribution in [0.1, 0.15) is 10.4 Å². The van der Waals surface area contributed by atoms with Crippen molar-refractivity contribution in [1.82, 2.24) is 4.72 Å². The van der Waals surface area contributed by atoms with Crippen molar-refractivity contribution in [3.05, 3.63) is 16.0 Å². The first-order valence-electron chi connectivity index (χ1n) is 4.37. The quantitative estimate of drug-likeness (QED) is 0.768. The Bertz CT molecular complexity index is 578. The van der Waals surface area contributed by atoms with Crippen LogP contribution < -0.4 is 4.72 Å². The minimum Gasteiger partial charge on any atom is -0.478 e. The van der Waals surface area contributed by atoms with E-state index < -0.39 is 38.3 Å². The monoisotopic (exact) mass is 313 g/mol. The highest BCUT2D eigenvalue weighted by molar-refractivity contribution is 7.91. The van der Waals surface area contributed by atoms with Crippen molar-refractivity contribution in [1.29, 1.82) is 0 Å². The van der Waals surface area contributed by atoms with Gasteiger partial charge in [0.05, 0.1) is 17.0 Å². The molecule has 2 N–H and O–H groups in total. The number of ether oxygens (including phenoxy) is 1. The number of methoxy groups -OCH3 is 1. The lowest BCUT2D eigenvalue weighted by Gasteiger charge is -2.04. The average Bonchev–Trinajstić information content (AvgIpc) is 2.69. The minimum absolute atomic E-state index is 0.0193. The zero-order valence-corrected chi connectivity index (χ0v) is 11.4. The SMILES string of the molecule is COC(=O)CNS(=O)(=O)c1sc(Cl)cc1C(=O)O. The van der Waals surface area contributed by atoms with Crippen LogP contribution in [0.4, 0.5) is 0 Å². The predicted molar refractivity (Wildman–Crippen MR) is 63.5 cm³/mol. The second kappa shape index (κ2) is 5.65. The molecule has 1 heterocycles. The maximum absolute atomic E-state index is 11.8. The maximum atomic E-state index is 11.8. The van der Waals surface area contributed by atoms with Crippen molar-refractivity contribution in [3.8, 4) is 0 Å². The molecule has 0 unspecified atom stereocenters. The van der Waals surface area contributed by atoms with Crippen LogP contribution in [0.25, 0.3) is 0 Å². The van der Waals surface area contributed by atoms with E-state index in [4.69, 9.17) is 16.7 Å². The van der Waals surface area contributed by atoms with Crippen molar-refractivity contribution >= 4 is 44.9 Å². The number of aromatic carboxylic acids is 1. The second-order valence-corrected chi connectivity index (χ2v) is 6.60. The largest absolute Gasteiger partial charge is 0.478 e. The molecule has 0 aliphatic rings. The van der Waals surface area contributed by atoms with E-state index in [9.17, 15) is 18.0 Å². The van der Waals surface area contributed by atoms with Gasteiger partial charge < -0.3 is 9.84 Å². The highest BCUT2D eigenvalue weighted by Gasteiger charge is 2.26. The number of sulfonamides is 1. The van der Waals surface area contributed by atoms with Gasteiger partial charge in [0, 0.05) is 0 Å². The molecule has 18 heavy (non-hydrogen) atoms. The summed E-state index contributed by atoms with van der Waals surface area (Å²) in [7, 11) is -3.02. The van der Waals surface area contributed by atoms with Crippen molar-refractivity contribution in [2.45, 2.75) is 4.21 Å². The van der Waals surface area contributed by atoms with Gasteiger partial charge in [0.25, 0.3) is 10.0 Å². The Labute approximate surface area is 111 Å². The van der Waals surface area contributed by atoms with Crippen molar-refractivity contribution < 1.29 is 27.9 Å². The van der Waals surface area contributed by atoms with Gasteiger partial charge in [-0.1, -0.05) is 11.6 Å². The van der Waals surface area contributed by atoms with E-state index in [1.807, 2.05) is 4.72 Å². The van der Waals surface area contributed by atoms with E-state index in [0.717, 1.165) is 13.2 Å². The molecule has 1 aromatic rings. The summed E-state index contributed by atoms with van der Waals surface area (Å²) < 4.78 is 29.3. The number of halogens is 1. The first-order chi connectivity index (χ1) is 8.27. The normalized spacial score (nSPS) is 11.2. The molecule has 0 aromatic carbocycles. The lowest BCUT2D eigenvalue weighted by Crippen LogP contribution is -2.30. The maximum Gasteiger partial charge on any atom is 0.338 e. The van der Waals surface area contributed by atoms with Crippen molar-refractivity contribution in [2.24, 2.45) is 0 Å². The van der Waals surface area contributed by atoms with Crippen molar-refractivity contribution in [2.75, 3.05) is 13.7 Å². The van der Waals surface area contributed by atoms with Gasteiger partial charge in [-0.3, -0.25) is 4.79 Å². The van der Waals surface area contributed by atoms with Gasteiger partial charge in [-0.2, -0.15) is 4.72 Å². The molecule has 0 radical (unpaired) electrons. The molecule has 0 spiro atoms. The first kappa shape index (κ1) is 14.9. The molecule has 7 nitrogen and oxygen atoms in total. The van der Waals surface area contributed by atoms with Gasteiger partial charge in [-0.05, 0) is 6.07 Å². The number of hydrogen-bond acceptors (Lipinski definition) is 6. The van der Waals surface area contributed by atoms with E-state index in [-0.39, 0.29) is 4.34 Å². The molecule has 0 aliphatic heterocycles. The number of carboxylic acid groups (broad SMARTS) is 1. The summed E-state index contributed by atoms with van der Waals surface area (Å²) in [6.45, 7) is -0.590. The Morgan fingerprint density at radius 3 is 2.67 bits per heavy atom. The summed E-state index contributed by atoms with van der Waals surface area (Å²) in [6.07, 6.45) is 0. The number of carbonyl (C=O) groups excluding carboxylic acids is 1. The van der Waals surface area contributed by atoms with Crippen LogP contribution in [-0.4, -0.2) is 39.1 Å². The van der Waals surface area contributed by atoms with E-state index in [1.165, 1.54) is 0 Å². The topological polar surface area (TPSA) is 110 Å². The van der Waals surface area contributed by atoms with Crippen LogP contribution in [0.2, 0.25) is 4.34 Å². The third-order valence-corrected chi connectivity index (χ3v) is 4.98. The molecule has 0 atom stereocenters. The Morgan fingerprint density at radius 2 is 2.17 bits per heavy atom. The van der Waals surface area contributed by atoms with Gasteiger partial charge in [-0.25, -0.2) is 13.2 Å². The Kier molecular flexibility index (Phi) is 4.68. The first-order valence-corrected chi connectivity index (χ1v) is 7.05. The molecule has 10 heteroatoms. The second-order valence-electron chi connectivity index (χ2n) is 2.96. The third-order valence-electron chi connectivity index (χ3n) is 1.78. The predicted octanol–water partition coefficient (Wildman–Crippen LogP) is 0.551. The minimum atomic E-state index is -4.12. The van der Waals surface area contributed by atoms with E-state index in [0.29, 0.717) is 11.3 Å². The van der Waals surface area contributed by atoms with E-state index in [2.05, 4.69) is 4.74 Å². The summed E-state index contributed by atoms with van der Waals surface area (Å²) in [5, 5.41) is 8.83. The highest BCUT2D eigenvalue weighted by atomic mass is 35.5. The zero-order chi connectivity index (χ0) is 13.9. The van der Waals surface area contributed by atoms with Crippen LogP contribution in [0, 0.1) is 0 Å². The summed E-state index contributed by atoms with van der Waals surface area (Å²) in [6, 6.07) is 1.03. The number of rotatable bonds is 5. The fourth-order valence-electron chi connectivity index (χ4n) is 0.986. The Balaban J connectivity index is 3.05. The summed E-state index contributed by atoms with van der Waals surface area (Å²) in [4.78, 5) is 21.7. The number of esters is 1. The summed E-state index contributed by atoms with van der Waals surface area (Å²) in [5.41, 5.74) is -0.442. The highest BCUT2D eigenvalue weighted by Crippen LogP contribution is 2.30. The average molecular weight is 314 g/mol. The van der Waals surface area contributed by atoms with E-state index in [1.54, 1.807) is 0 Å². The number of nitrogens with one attached hydrogen (secondary N) is 1. The molecule has 0 fully saturated rings. The van der Waals surface area contributed by atoms with Crippen LogP contribution in [0.3, 0.4) is 0 Å². The van der Waals surface area contributed by atoms with Gasteiger partial charge in [0.15, 0.2) is 4.21 Å². The molecule has 100 valence electrons. The fraction of sp³-hybridized carbons (Fsp3) is 0.250. The van der Waals surface area contributed by atoms with Crippen LogP contribution in [0.15, 0.2) is 10.3 Å². The number of hydrogen-bond donors (Lipinski definition) is 2. The molecule has 0 aliphatic carbocycles. The number of thiophene rings is 1. The Hall–Kier alpha value is -1.16. The summed E-state index contributed by atoms with van der Waals surface area (Å²) >= 11 is 6.17. The molecular weight excluding hydrogens is 306 g/mol. The standard InChI is InChI=1S/C8H8ClNO6S2/c1-16-6(11)3-10-18(14,15)8-4(7(12)13)2-5(9)17-8/h2,10H,3H2,1H3,(H,12,13). The molecule has 0 saturated heterocycles.